The van der Waals surface area contributed by atoms with Crippen LogP contribution in [-0.2, 0) is 9.84 Å². The van der Waals surface area contributed by atoms with Crippen LogP contribution in [-0.4, -0.2) is 20.7 Å². The summed E-state index contributed by atoms with van der Waals surface area (Å²) in [5.41, 5.74) is 3.51. The fourth-order valence-corrected chi connectivity index (χ4v) is 2.24. The number of benzene rings is 1. The van der Waals surface area contributed by atoms with E-state index in [2.05, 4.69) is 5.73 Å². The van der Waals surface area contributed by atoms with E-state index >= 15 is 0 Å². The number of sulfone groups is 1. The Morgan fingerprint density at radius 2 is 1.77 bits per heavy atom. The van der Waals surface area contributed by atoms with Gasteiger partial charge in [-0.1, -0.05) is 11.6 Å². The first-order chi connectivity index (χ1) is 6.06. The van der Waals surface area contributed by atoms with E-state index in [1.807, 2.05) is 0 Å². The van der Waals surface area contributed by atoms with Crippen LogP contribution in [0.1, 0.15) is 0 Å². The summed E-state index contributed by atoms with van der Waals surface area (Å²) in [6.07, 6.45) is 0. The Hall–Kier alpha value is -0.580. The van der Waals surface area contributed by atoms with Gasteiger partial charge in [-0.05, 0) is 24.3 Å². The summed E-state index contributed by atoms with van der Waals surface area (Å²) in [5.74, 6) is 0.0780. The molecule has 0 saturated carbocycles. The second-order valence-electron chi connectivity index (χ2n) is 2.63. The summed E-state index contributed by atoms with van der Waals surface area (Å²) in [4.78, 5) is 0.306. The van der Waals surface area contributed by atoms with Crippen LogP contribution < -0.4 is 5.73 Å². The lowest BCUT2D eigenvalue weighted by Crippen LogP contribution is -2.53. The van der Waals surface area contributed by atoms with E-state index in [1.54, 1.807) is 12.1 Å². The molecule has 0 aliphatic carbocycles. The molecular formula is C8H11ClNO2S+. The van der Waals surface area contributed by atoms with Crippen molar-refractivity contribution in [2.24, 2.45) is 0 Å². The Kier molecular flexibility index (Phi) is 3.30. The van der Waals surface area contributed by atoms with Gasteiger partial charge in [-0.25, -0.2) is 8.42 Å². The van der Waals surface area contributed by atoms with Crippen LogP contribution in [0.4, 0.5) is 0 Å². The zero-order valence-electron chi connectivity index (χ0n) is 7.03. The number of quaternary nitrogens is 1. The molecule has 0 saturated heterocycles. The minimum absolute atomic E-state index is 0.0780. The van der Waals surface area contributed by atoms with Crippen molar-refractivity contribution in [1.29, 1.82) is 0 Å². The van der Waals surface area contributed by atoms with Crippen LogP contribution in [0.25, 0.3) is 0 Å². The topological polar surface area (TPSA) is 61.8 Å². The van der Waals surface area contributed by atoms with Gasteiger partial charge in [-0.3, -0.25) is 0 Å². The molecule has 0 spiro atoms. The van der Waals surface area contributed by atoms with Gasteiger partial charge in [0.1, 0.15) is 5.75 Å². The molecule has 3 N–H and O–H groups in total. The van der Waals surface area contributed by atoms with Gasteiger partial charge >= 0.3 is 0 Å². The average Bonchev–Trinajstić information content (AvgIpc) is 2.05. The predicted molar refractivity (Wildman–Crippen MR) is 51.3 cm³/mol. The lowest BCUT2D eigenvalue weighted by atomic mass is 10.4. The molecule has 0 aliphatic heterocycles. The minimum atomic E-state index is -3.15. The van der Waals surface area contributed by atoms with Crippen molar-refractivity contribution < 1.29 is 14.2 Å². The zero-order valence-corrected chi connectivity index (χ0v) is 8.61. The molecule has 1 aromatic rings. The summed E-state index contributed by atoms with van der Waals surface area (Å²) in [5, 5.41) is 0.536. The SMILES string of the molecule is [NH3+]CCS(=O)(=O)c1ccc(Cl)cc1. The highest BCUT2D eigenvalue weighted by Gasteiger charge is 2.13. The van der Waals surface area contributed by atoms with Crippen molar-refractivity contribution in [2.75, 3.05) is 12.3 Å². The third kappa shape index (κ3) is 2.69. The van der Waals surface area contributed by atoms with Crippen LogP contribution >= 0.6 is 11.6 Å². The van der Waals surface area contributed by atoms with Crippen molar-refractivity contribution in [2.45, 2.75) is 4.90 Å². The van der Waals surface area contributed by atoms with E-state index in [1.165, 1.54) is 12.1 Å². The fraction of sp³-hybridized carbons (Fsp3) is 0.250. The molecule has 0 bridgehead atoms. The highest BCUT2D eigenvalue weighted by Crippen LogP contribution is 2.14. The molecule has 3 nitrogen and oxygen atoms in total. The molecule has 1 rings (SSSR count). The Bertz CT molecular complexity index is 372. The fourth-order valence-electron chi connectivity index (χ4n) is 0.950. The third-order valence-corrected chi connectivity index (χ3v) is 3.65. The molecule has 13 heavy (non-hydrogen) atoms. The maximum Gasteiger partial charge on any atom is 0.183 e. The van der Waals surface area contributed by atoms with Gasteiger partial charge in [-0.15, -0.1) is 0 Å². The zero-order chi connectivity index (χ0) is 9.90. The van der Waals surface area contributed by atoms with Crippen molar-refractivity contribution in [1.82, 2.24) is 0 Å². The van der Waals surface area contributed by atoms with Crippen LogP contribution in [0.15, 0.2) is 29.2 Å². The Morgan fingerprint density at radius 1 is 1.23 bits per heavy atom. The first-order valence-electron chi connectivity index (χ1n) is 3.84. The van der Waals surface area contributed by atoms with E-state index < -0.39 is 9.84 Å². The molecule has 0 aromatic heterocycles. The van der Waals surface area contributed by atoms with Crippen LogP contribution in [0, 0.1) is 0 Å². The van der Waals surface area contributed by atoms with Crippen molar-refractivity contribution in [3.05, 3.63) is 29.3 Å². The van der Waals surface area contributed by atoms with E-state index in [9.17, 15) is 8.42 Å². The van der Waals surface area contributed by atoms with Gasteiger partial charge in [0.2, 0.25) is 0 Å². The third-order valence-electron chi connectivity index (χ3n) is 1.59. The summed E-state index contributed by atoms with van der Waals surface area (Å²) in [6, 6.07) is 6.15. The van der Waals surface area contributed by atoms with Gasteiger partial charge in [0.25, 0.3) is 0 Å². The molecule has 0 aliphatic rings. The number of hydrogen-bond acceptors (Lipinski definition) is 2. The van der Waals surface area contributed by atoms with Crippen LogP contribution in [0.2, 0.25) is 5.02 Å². The van der Waals surface area contributed by atoms with Crippen molar-refractivity contribution in [3.63, 3.8) is 0 Å². The Balaban J connectivity index is 3.02. The standard InChI is InChI=1S/C8H10ClNO2S/c9-7-1-3-8(4-2-7)13(11,12)6-5-10/h1-4H,5-6,10H2/p+1. The molecular weight excluding hydrogens is 210 g/mol. The molecule has 0 amide bonds. The van der Waals surface area contributed by atoms with Gasteiger partial charge in [-0.2, -0.15) is 0 Å². The molecule has 0 fully saturated rings. The lowest BCUT2D eigenvalue weighted by molar-refractivity contribution is -0.360. The molecule has 0 unspecified atom stereocenters. The normalized spacial score (nSPS) is 11.5. The quantitative estimate of drug-likeness (QED) is 0.800. The molecule has 0 radical (unpaired) electrons. The molecule has 0 heterocycles. The second-order valence-corrected chi connectivity index (χ2v) is 5.17. The van der Waals surface area contributed by atoms with Gasteiger partial charge in [0, 0.05) is 5.02 Å². The molecule has 1 aromatic carbocycles. The lowest BCUT2D eigenvalue weighted by Gasteiger charge is -2.00. The first-order valence-corrected chi connectivity index (χ1v) is 5.87. The second kappa shape index (κ2) is 4.09. The highest BCUT2D eigenvalue weighted by molar-refractivity contribution is 7.91. The van der Waals surface area contributed by atoms with E-state index in [0.29, 0.717) is 16.5 Å². The average molecular weight is 221 g/mol. The summed E-state index contributed by atoms with van der Waals surface area (Å²) < 4.78 is 22.9. The predicted octanol–water partition coefficient (Wildman–Crippen LogP) is 0.356. The largest absolute Gasteiger partial charge is 0.357 e. The van der Waals surface area contributed by atoms with Gasteiger partial charge in [0.05, 0.1) is 11.4 Å². The number of rotatable bonds is 3. The minimum Gasteiger partial charge on any atom is -0.357 e. The number of hydrogen-bond donors (Lipinski definition) is 1. The van der Waals surface area contributed by atoms with Gasteiger partial charge < -0.3 is 5.73 Å². The maximum atomic E-state index is 11.5. The van der Waals surface area contributed by atoms with E-state index in [-0.39, 0.29) is 5.75 Å². The van der Waals surface area contributed by atoms with Crippen LogP contribution in [0.5, 0.6) is 0 Å². The molecule has 5 heteroatoms. The van der Waals surface area contributed by atoms with Gasteiger partial charge in [0.15, 0.2) is 9.84 Å². The Morgan fingerprint density at radius 3 is 2.23 bits per heavy atom. The summed E-state index contributed by atoms with van der Waals surface area (Å²) >= 11 is 5.63. The van der Waals surface area contributed by atoms with Crippen molar-refractivity contribution in [3.8, 4) is 0 Å². The molecule has 0 atom stereocenters. The highest BCUT2D eigenvalue weighted by atomic mass is 35.5. The molecule has 72 valence electrons. The number of halogens is 1. The van der Waals surface area contributed by atoms with Crippen molar-refractivity contribution >= 4 is 21.4 Å². The Labute approximate surface area is 82.4 Å². The maximum absolute atomic E-state index is 11.5. The summed E-state index contributed by atoms with van der Waals surface area (Å²) in [7, 11) is -3.15. The smallest absolute Gasteiger partial charge is 0.183 e. The van der Waals surface area contributed by atoms with E-state index in [0.717, 1.165) is 0 Å². The van der Waals surface area contributed by atoms with Crippen LogP contribution in [0.3, 0.4) is 0 Å². The summed E-state index contributed by atoms with van der Waals surface area (Å²) in [6.45, 7) is 0.380. The monoisotopic (exact) mass is 220 g/mol. The van der Waals surface area contributed by atoms with E-state index in [4.69, 9.17) is 11.6 Å². The first kappa shape index (κ1) is 10.5.